The lowest BCUT2D eigenvalue weighted by Gasteiger charge is -2.23. The van der Waals surface area contributed by atoms with Crippen molar-refractivity contribution in [3.8, 4) is 0 Å². The van der Waals surface area contributed by atoms with Gasteiger partial charge in [0.1, 0.15) is 0 Å². The molecule has 10 nitrogen and oxygen atoms in total. The van der Waals surface area contributed by atoms with Crippen LogP contribution in [0.5, 0.6) is 0 Å². The van der Waals surface area contributed by atoms with Gasteiger partial charge in [-0.05, 0) is 30.2 Å². The lowest BCUT2D eigenvalue weighted by Crippen LogP contribution is -2.43. The van der Waals surface area contributed by atoms with Crippen LogP contribution >= 0.6 is 0 Å². The number of benzene rings is 2. The van der Waals surface area contributed by atoms with E-state index >= 15 is 0 Å². The number of H-pyrrole nitrogens is 2. The van der Waals surface area contributed by atoms with Crippen LogP contribution in [0.2, 0.25) is 0 Å². The number of hydrogen-bond acceptors (Lipinski definition) is 8. The highest BCUT2D eigenvalue weighted by Crippen LogP contribution is 2.32. The SMILES string of the molecule is C=C(Cc1c[nH]c2ccccc12)C(=O)OC.CCOC(=O)C1=NOC(Cc2c[nH]c3ccccc23)(C(=O)OC)C1. The van der Waals surface area contributed by atoms with Crippen LogP contribution in [-0.2, 0) is 46.3 Å². The Bertz CT molecular complexity index is 1580. The van der Waals surface area contributed by atoms with E-state index in [4.69, 9.17) is 14.3 Å². The molecule has 0 spiro atoms. The van der Waals surface area contributed by atoms with Crippen molar-refractivity contribution in [2.45, 2.75) is 31.8 Å². The van der Waals surface area contributed by atoms with Gasteiger partial charge in [0.05, 0.1) is 27.2 Å². The first-order valence-corrected chi connectivity index (χ1v) is 12.7. The largest absolute Gasteiger partial charge is 0.466 e. The number of fused-ring (bicyclic) bond motifs is 2. The fourth-order valence-corrected chi connectivity index (χ4v) is 4.57. The molecule has 0 bridgehead atoms. The maximum atomic E-state index is 12.3. The fraction of sp³-hybridized carbons (Fsp3) is 0.267. The highest BCUT2D eigenvalue weighted by Gasteiger charge is 2.50. The van der Waals surface area contributed by atoms with Crippen molar-refractivity contribution < 1.29 is 33.4 Å². The third-order valence-electron chi connectivity index (χ3n) is 6.56. The molecule has 2 aromatic heterocycles. The van der Waals surface area contributed by atoms with Crippen molar-refractivity contribution in [3.63, 3.8) is 0 Å². The first-order chi connectivity index (χ1) is 19.3. The third kappa shape index (κ3) is 5.90. The van der Waals surface area contributed by atoms with Crippen molar-refractivity contribution in [3.05, 3.63) is 84.2 Å². The minimum absolute atomic E-state index is 0.0119. The number of nitrogens with zero attached hydrogens (tertiary/aromatic N) is 1. The number of oxime groups is 1. The van der Waals surface area contributed by atoms with Crippen LogP contribution in [-0.4, -0.2) is 60.0 Å². The van der Waals surface area contributed by atoms with E-state index in [2.05, 4.69) is 26.4 Å². The minimum atomic E-state index is -1.36. The summed E-state index contributed by atoms with van der Waals surface area (Å²) in [5.41, 5.74) is 3.16. The molecule has 0 saturated carbocycles. The van der Waals surface area contributed by atoms with Crippen LogP contribution in [0.4, 0.5) is 0 Å². The quantitative estimate of drug-likeness (QED) is 0.191. The fourth-order valence-electron chi connectivity index (χ4n) is 4.57. The summed E-state index contributed by atoms with van der Waals surface area (Å²) >= 11 is 0. The van der Waals surface area contributed by atoms with Gasteiger partial charge in [-0.2, -0.15) is 0 Å². The second-order valence-electron chi connectivity index (χ2n) is 9.18. The number of carbonyl (C=O) groups is 3. The average molecular weight is 546 g/mol. The number of methoxy groups -OCH3 is 2. The van der Waals surface area contributed by atoms with Gasteiger partial charge in [0.15, 0.2) is 5.71 Å². The van der Waals surface area contributed by atoms with Gasteiger partial charge >= 0.3 is 17.9 Å². The predicted octanol–water partition coefficient (Wildman–Crippen LogP) is 4.40. The Labute approximate surface area is 230 Å². The Morgan fingerprint density at radius 3 is 2.15 bits per heavy atom. The molecule has 208 valence electrons. The second kappa shape index (κ2) is 12.3. The summed E-state index contributed by atoms with van der Waals surface area (Å²) in [4.78, 5) is 47.2. The smallest absolute Gasteiger partial charge is 0.356 e. The molecule has 2 aromatic carbocycles. The second-order valence-corrected chi connectivity index (χ2v) is 9.18. The van der Waals surface area contributed by atoms with E-state index in [-0.39, 0.29) is 31.1 Å². The number of hydrogen-bond donors (Lipinski definition) is 2. The van der Waals surface area contributed by atoms with Gasteiger partial charge < -0.3 is 29.0 Å². The Morgan fingerprint density at radius 2 is 1.55 bits per heavy atom. The highest BCUT2D eigenvalue weighted by molar-refractivity contribution is 6.37. The zero-order valence-corrected chi connectivity index (χ0v) is 22.6. The van der Waals surface area contributed by atoms with E-state index in [0.717, 1.165) is 32.9 Å². The van der Waals surface area contributed by atoms with Crippen LogP contribution in [0.3, 0.4) is 0 Å². The van der Waals surface area contributed by atoms with Crippen molar-refractivity contribution in [1.82, 2.24) is 9.97 Å². The molecule has 1 aliphatic heterocycles. The van der Waals surface area contributed by atoms with Gasteiger partial charge in [0.2, 0.25) is 5.60 Å². The number of aromatic nitrogens is 2. The molecule has 1 unspecified atom stereocenters. The predicted molar refractivity (Wildman–Crippen MR) is 150 cm³/mol. The molecule has 40 heavy (non-hydrogen) atoms. The van der Waals surface area contributed by atoms with Gasteiger partial charge in [0.25, 0.3) is 0 Å². The molecule has 0 fully saturated rings. The normalized spacial score (nSPS) is 15.9. The number of esters is 3. The van der Waals surface area contributed by atoms with Crippen LogP contribution in [0.25, 0.3) is 21.8 Å². The first-order valence-electron chi connectivity index (χ1n) is 12.7. The monoisotopic (exact) mass is 545 g/mol. The van der Waals surface area contributed by atoms with E-state index in [9.17, 15) is 14.4 Å². The number of para-hydroxylation sites is 2. The maximum Gasteiger partial charge on any atom is 0.356 e. The molecule has 2 N–H and O–H groups in total. The zero-order valence-electron chi connectivity index (χ0n) is 22.6. The van der Waals surface area contributed by atoms with E-state index in [0.29, 0.717) is 12.0 Å². The Balaban J connectivity index is 0.000000201. The van der Waals surface area contributed by atoms with Gasteiger partial charge in [-0.25, -0.2) is 14.4 Å². The van der Waals surface area contributed by atoms with E-state index in [1.54, 1.807) is 6.92 Å². The van der Waals surface area contributed by atoms with Gasteiger partial charge in [0, 0.05) is 52.6 Å². The molecular formula is C30H31N3O7. The maximum absolute atomic E-state index is 12.3. The summed E-state index contributed by atoms with van der Waals surface area (Å²) < 4.78 is 14.4. The topological polar surface area (TPSA) is 132 Å². The summed E-state index contributed by atoms with van der Waals surface area (Å²) in [6, 6.07) is 15.7. The number of carbonyl (C=O) groups excluding carboxylic acids is 3. The van der Waals surface area contributed by atoms with Crippen molar-refractivity contribution in [2.75, 3.05) is 20.8 Å². The molecule has 0 radical (unpaired) electrons. The standard InChI is InChI=1S/C17H18N2O5.C13H13NO2/c1-3-23-15(20)14-9-17(24-19-14,16(21)22-2)8-11-10-18-13-7-5-4-6-12(11)13;1-9(13(15)16-2)7-10-8-14-12-6-4-3-5-11(10)12/h4-7,10,18H,3,8-9H2,1-2H3;3-6,8,14H,1,7H2,2H3. The summed E-state index contributed by atoms with van der Waals surface area (Å²) in [5, 5.41) is 5.87. The highest BCUT2D eigenvalue weighted by atomic mass is 16.7. The average Bonchev–Trinajstić information content (AvgIpc) is 3.71. The Morgan fingerprint density at radius 1 is 0.950 bits per heavy atom. The van der Waals surface area contributed by atoms with Crippen LogP contribution in [0, 0.1) is 0 Å². The van der Waals surface area contributed by atoms with Crippen LogP contribution in [0.15, 0.2) is 78.2 Å². The molecular weight excluding hydrogens is 514 g/mol. The summed E-state index contributed by atoms with van der Waals surface area (Å²) in [7, 11) is 2.65. The van der Waals surface area contributed by atoms with Gasteiger partial charge in [-0.3, -0.25) is 0 Å². The first kappa shape index (κ1) is 28.2. The number of aromatic amines is 2. The van der Waals surface area contributed by atoms with E-state index < -0.39 is 17.5 Å². The minimum Gasteiger partial charge on any atom is -0.466 e. The zero-order chi connectivity index (χ0) is 28.7. The summed E-state index contributed by atoms with van der Waals surface area (Å²) in [6.45, 7) is 5.65. The van der Waals surface area contributed by atoms with Gasteiger partial charge in [-0.1, -0.05) is 48.1 Å². The molecule has 3 heterocycles. The third-order valence-corrected chi connectivity index (χ3v) is 6.56. The van der Waals surface area contributed by atoms with Crippen molar-refractivity contribution in [2.24, 2.45) is 5.16 Å². The number of nitrogens with one attached hydrogen (secondary N) is 2. The molecule has 0 amide bonds. The Kier molecular flexibility index (Phi) is 8.68. The number of rotatable bonds is 8. The molecule has 1 aliphatic rings. The molecule has 0 aliphatic carbocycles. The Hall–Kier alpha value is -4.86. The molecule has 10 heteroatoms. The van der Waals surface area contributed by atoms with Crippen LogP contribution in [0.1, 0.15) is 24.5 Å². The summed E-state index contributed by atoms with van der Waals surface area (Å²) in [5.74, 6) is -1.51. The molecule has 4 aromatic rings. The molecule has 1 atom stereocenters. The lowest BCUT2D eigenvalue weighted by molar-refractivity contribution is -0.166. The van der Waals surface area contributed by atoms with Crippen LogP contribution < -0.4 is 0 Å². The number of ether oxygens (including phenoxy) is 3. The molecule has 5 rings (SSSR count). The van der Waals surface area contributed by atoms with Gasteiger partial charge in [-0.15, -0.1) is 0 Å². The molecule has 0 saturated heterocycles. The van der Waals surface area contributed by atoms with Crippen molar-refractivity contribution in [1.29, 1.82) is 0 Å². The van der Waals surface area contributed by atoms with E-state index in [1.807, 2.05) is 60.9 Å². The van der Waals surface area contributed by atoms with Crippen molar-refractivity contribution >= 4 is 45.4 Å². The van der Waals surface area contributed by atoms with E-state index in [1.165, 1.54) is 14.2 Å². The lowest BCUT2D eigenvalue weighted by atomic mass is 9.89. The summed E-state index contributed by atoms with van der Waals surface area (Å²) in [6.07, 6.45) is 4.48.